The average molecular weight is 659 g/mol. The summed E-state index contributed by atoms with van der Waals surface area (Å²) in [6, 6.07) is 8.18. The molecule has 3 aromatic rings. The van der Waals surface area contributed by atoms with Crippen LogP contribution in [0.25, 0.3) is 11.1 Å². The van der Waals surface area contributed by atoms with E-state index >= 15 is 4.39 Å². The smallest absolute Gasteiger partial charge is 0.394 e. The fourth-order valence-electron chi connectivity index (χ4n) is 6.18. The van der Waals surface area contributed by atoms with Crippen molar-refractivity contribution in [2.75, 3.05) is 19.6 Å². The molecule has 254 valence electrons. The Kier molecular flexibility index (Phi) is 10.9. The van der Waals surface area contributed by atoms with Crippen molar-refractivity contribution >= 4 is 11.9 Å². The second-order valence-electron chi connectivity index (χ2n) is 13.1. The Hall–Kier alpha value is -4.06. The van der Waals surface area contributed by atoms with Crippen LogP contribution in [0.2, 0.25) is 0 Å². The van der Waals surface area contributed by atoms with E-state index < -0.39 is 53.9 Å². The van der Waals surface area contributed by atoms with Crippen LogP contribution in [0.4, 0.5) is 17.6 Å². The lowest BCUT2D eigenvalue weighted by Gasteiger charge is -2.40. The third-order valence-corrected chi connectivity index (χ3v) is 8.68. The molecule has 0 saturated carbocycles. The molecule has 0 aliphatic carbocycles. The van der Waals surface area contributed by atoms with Gasteiger partial charge in [0.1, 0.15) is 11.9 Å². The topological polar surface area (TPSA) is 105 Å². The summed E-state index contributed by atoms with van der Waals surface area (Å²) in [4.78, 5) is 41.0. The van der Waals surface area contributed by atoms with Crippen LogP contribution in [0, 0.1) is 45.3 Å². The van der Waals surface area contributed by atoms with E-state index in [1.807, 2.05) is 45.9 Å². The van der Waals surface area contributed by atoms with Gasteiger partial charge in [-0.15, -0.1) is 0 Å². The van der Waals surface area contributed by atoms with Gasteiger partial charge in [-0.25, -0.2) is 9.07 Å². The molecule has 47 heavy (non-hydrogen) atoms. The predicted octanol–water partition coefficient (Wildman–Crippen LogP) is 6.24. The number of hydrogen-bond acceptors (Lipinski definition) is 5. The Morgan fingerprint density at radius 3 is 2.23 bits per heavy atom. The van der Waals surface area contributed by atoms with E-state index in [0.717, 1.165) is 21.4 Å². The van der Waals surface area contributed by atoms with Gasteiger partial charge >= 0.3 is 12.1 Å². The number of alkyl halides is 3. The molecule has 1 saturated heterocycles. The first kappa shape index (κ1) is 35.8. The SMILES string of the molecule is Cc1cc(-c2c(C)cccc2C)cc(C(CC(=O)O)NC(=O)C(CC(C)C)n2nc(CCN3CC(C(F)(F)F)C3)cc(C)c2=O)c1F. The Balaban J connectivity index is 1.66. The van der Waals surface area contributed by atoms with E-state index in [9.17, 15) is 32.7 Å². The van der Waals surface area contributed by atoms with Crippen LogP contribution in [0.1, 0.15) is 72.3 Å². The number of hydrogen-bond donors (Lipinski definition) is 2. The third-order valence-electron chi connectivity index (χ3n) is 8.68. The van der Waals surface area contributed by atoms with Crippen LogP contribution in [0.15, 0.2) is 41.2 Å². The molecule has 2 atom stereocenters. The van der Waals surface area contributed by atoms with Crippen molar-refractivity contribution in [2.24, 2.45) is 11.8 Å². The number of amides is 1. The first-order valence-corrected chi connectivity index (χ1v) is 15.7. The molecule has 1 aliphatic heterocycles. The van der Waals surface area contributed by atoms with Gasteiger partial charge in [0, 0.05) is 37.2 Å². The number of carbonyl (C=O) groups excluding carboxylic acids is 1. The highest BCUT2D eigenvalue weighted by Crippen LogP contribution is 2.35. The van der Waals surface area contributed by atoms with Crippen molar-refractivity contribution in [1.82, 2.24) is 20.0 Å². The molecule has 2 heterocycles. The van der Waals surface area contributed by atoms with E-state index in [1.54, 1.807) is 36.9 Å². The Morgan fingerprint density at radius 2 is 1.66 bits per heavy atom. The zero-order valence-corrected chi connectivity index (χ0v) is 27.5. The number of rotatable bonds is 12. The van der Waals surface area contributed by atoms with Gasteiger partial charge in [0.25, 0.3) is 5.56 Å². The summed E-state index contributed by atoms with van der Waals surface area (Å²) in [5, 5.41) is 17.0. The molecule has 1 amide bonds. The maximum absolute atomic E-state index is 15.7. The first-order valence-electron chi connectivity index (χ1n) is 15.7. The zero-order chi connectivity index (χ0) is 34.8. The minimum Gasteiger partial charge on any atom is -0.481 e. The van der Waals surface area contributed by atoms with Crippen molar-refractivity contribution in [1.29, 1.82) is 0 Å². The number of likely N-dealkylation sites (tertiary alicyclic amines) is 1. The molecule has 2 N–H and O–H groups in total. The van der Waals surface area contributed by atoms with E-state index in [0.29, 0.717) is 23.4 Å². The summed E-state index contributed by atoms with van der Waals surface area (Å²) in [7, 11) is 0. The number of aliphatic carboxylic acids is 1. The number of halogens is 4. The number of nitrogens with one attached hydrogen (secondary N) is 1. The molecule has 2 unspecified atom stereocenters. The first-order chi connectivity index (χ1) is 22.0. The van der Waals surface area contributed by atoms with Crippen LogP contribution in [-0.4, -0.2) is 57.5 Å². The number of nitrogens with zero attached hydrogens (tertiary/aromatic N) is 3. The Morgan fingerprint density at radius 1 is 1.02 bits per heavy atom. The summed E-state index contributed by atoms with van der Waals surface area (Å²) in [5.74, 6) is -4.04. The number of carboxylic acids is 1. The highest BCUT2D eigenvalue weighted by atomic mass is 19.4. The van der Waals surface area contributed by atoms with Crippen molar-refractivity contribution in [3.8, 4) is 11.1 Å². The molecule has 4 rings (SSSR count). The van der Waals surface area contributed by atoms with Crippen molar-refractivity contribution in [3.63, 3.8) is 0 Å². The summed E-state index contributed by atoms with van der Waals surface area (Å²) in [5.41, 5.74) is 3.98. The van der Waals surface area contributed by atoms with Crippen LogP contribution in [0.5, 0.6) is 0 Å². The largest absolute Gasteiger partial charge is 0.481 e. The molecule has 12 heteroatoms. The lowest BCUT2D eigenvalue weighted by molar-refractivity contribution is -0.208. The van der Waals surface area contributed by atoms with Gasteiger partial charge < -0.3 is 15.3 Å². The van der Waals surface area contributed by atoms with E-state index in [2.05, 4.69) is 10.4 Å². The standard InChI is InChI=1S/C35H42F4N4O4/c1-19(2)12-29(43-34(47)23(6)14-26(41-43)10-11-42-17-25(18-42)35(37,38)39)33(46)40-28(16-30(44)45)27-15-24(13-22(5)32(27)36)31-20(3)8-7-9-21(31)4/h7-9,13-15,19,25,28-29H,10-12,16-18H2,1-6H3,(H,40,46)(H,44,45). The third kappa shape index (κ3) is 8.46. The van der Waals surface area contributed by atoms with Gasteiger partial charge in [0.2, 0.25) is 5.91 Å². The summed E-state index contributed by atoms with van der Waals surface area (Å²) in [6.07, 6.45) is -4.41. The molecule has 1 aromatic heterocycles. The molecular formula is C35H42F4N4O4. The molecule has 1 aliphatic rings. The molecule has 0 bridgehead atoms. The summed E-state index contributed by atoms with van der Waals surface area (Å²) in [6.45, 7) is 10.8. The highest BCUT2D eigenvalue weighted by Gasteiger charge is 2.46. The Labute approximate surface area is 271 Å². The van der Waals surface area contributed by atoms with Crippen LogP contribution in [-0.2, 0) is 16.0 Å². The summed E-state index contributed by atoms with van der Waals surface area (Å²) >= 11 is 0. The molecule has 1 fully saturated rings. The zero-order valence-electron chi connectivity index (χ0n) is 27.5. The van der Waals surface area contributed by atoms with Gasteiger partial charge in [0.05, 0.1) is 24.1 Å². The average Bonchev–Trinajstić information content (AvgIpc) is 2.93. The molecule has 0 spiro atoms. The van der Waals surface area contributed by atoms with Gasteiger partial charge in [-0.2, -0.15) is 18.3 Å². The van der Waals surface area contributed by atoms with Crippen molar-refractivity contribution in [3.05, 3.63) is 86.1 Å². The molecule has 0 radical (unpaired) electrons. The highest BCUT2D eigenvalue weighted by molar-refractivity contribution is 5.82. The number of carbonyl (C=O) groups is 2. The number of aryl methyl sites for hydroxylation is 4. The lowest BCUT2D eigenvalue weighted by Crippen LogP contribution is -2.53. The minimum atomic E-state index is -4.24. The molecular weight excluding hydrogens is 616 g/mol. The van der Waals surface area contributed by atoms with Crippen molar-refractivity contribution < 1.29 is 32.3 Å². The minimum absolute atomic E-state index is 0.0126. The fraction of sp³-hybridized carbons (Fsp3) is 0.486. The molecule has 2 aromatic carbocycles. The van der Waals surface area contributed by atoms with Gasteiger partial charge in [0.15, 0.2) is 0 Å². The van der Waals surface area contributed by atoms with E-state index in [-0.39, 0.29) is 43.0 Å². The second-order valence-corrected chi connectivity index (χ2v) is 13.1. The van der Waals surface area contributed by atoms with Crippen LogP contribution in [0.3, 0.4) is 0 Å². The number of carboxylic acid groups (broad SMARTS) is 1. The lowest BCUT2D eigenvalue weighted by atomic mass is 9.90. The quantitative estimate of drug-likeness (QED) is 0.224. The van der Waals surface area contributed by atoms with E-state index in [4.69, 9.17) is 0 Å². The summed E-state index contributed by atoms with van der Waals surface area (Å²) < 4.78 is 55.6. The predicted molar refractivity (Wildman–Crippen MR) is 171 cm³/mol. The van der Waals surface area contributed by atoms with Gasteiger partial charge in [-0.3, -0.25) is 14.4 Å². The number of benzene rings is 2. The maximum atomic E-state index is 15.7. The van der Waals surface area contributed by atoms with Gasteiger partial charge in [-0.1, -0.05) is 32.0 Å². The monoisotopic (exact) mass is 658 g/mol. The maximum Gasteiger partial charge on any atom is 0.394 e. The van der Waals surface area contributed by atoms with Crippen molar-refractivity contribution in [2.45, 2.75) is 79.1 Å². The molecule has 8 nitrogen and oxygen atoms in total. The fourth-order valence-corrected chi connectivity index (χ4v) is 6.18. The second kappa shape index (κ2) is 14.4. The van der Waals surface area contributed by atoms with Crippen LogP contribution >= 0.6 is 0 Å². The van der Waals surface area contributed by atoms with E-state index in [1.165, 1.54) is 0 Å². The number of aromatic nitrogens is 2. The van der Waals surface area contributed by atoms with Crippen LogP contribution < -0.4 is 10.9 Å². The normalized spacial score (nSPS) is 15.4. The van der Waals surface area contributed by atoms with Gasteiger partial charge in [-0.05, 0) is 86.1 Å². The Bertz CT molecular complexity index is 1680.